The van der Waals surface area contributed by atoms with E-state index in [-0.39, 0.29) is 16.4 Å². The van der Waals surface area contributed by atoms with Crippen molar-refractivity contribution in [2.24, 2.45) is 5.14 Å². The zero-order valence-corrected chi connectivity index (χ0v) is 21.6. The number of nitrogen functional groups attached to an aromatic ring is 1. The number of aromatic nitrogens is 4. The van der Waals surface area contributed by atoms with Crippen molar-refractivity contribution in [1.29, 1.82) is 0 Å². The maximum absolute atomic E-state index is 13.7. The normalized spacial score (nSPS) is 12.4. The highest BCUT2D eigenvalue weighted by atomic mass is 35.5. The van der Waals surface area contributed by atoms with Gasteiger partial charge in [0.2, 0.25) is 16.0 Å². The van der Waals surface area contributed by atoms with E-state index in [4.69, 9.17) is 27.5 Å². The number of halogens is 1. The number of para-hydroxylation sites is 1. The highest BCUT2D eigenvalue weighted by Crippen LogP contribution is 2.31. The van der Waals surface area contributed by atoms with Crippen LogP contribution in [0.2, 0.25) is 5.02 Å². The molecule has 5 rings (SSSR count). The first-order valence-corrected chi connectivity index (χ1v) is 13.3. The number of hydrogen-bond acceptors (Lipinski definition) is 8. The van der Waals surface area contributed by atoms with Crippen LogP contribution in [0.15, 0.2) is 88.7 Å². The van der Waals surface area contributed by atoms with Gasteiger partial charge in [0.1, 0.15) is 11.6 Å². The predicted molar refractivity (Wildman–Crippen MR) is 148 cm³/mol. The fourth-order valence-electron chi connectivity index (χ4n) is 4.15. The van der Waals surface area contributed by atoms with E-state index in [0.717, 1.165) is 0 Å². The lowest BCUT2D eigenvalue weighted by Gasteiger charge is -2.21. The molecule has 0 spiro atoms. The summed E-state index contributed by atoms with van der Waals surface area (Å²) in [6.45, 7) is 1.82. The van der Waals surface area contributed by atoms with Gasteiger partial charge in [-0.05, 0) is 48.9 Å². The van der Waals surface area contributed by atoms with E-state index < -0.39 is 16.1 Å². The zero-order valence-electron chi connectivity index (χ0n) is 20.0. The molecule has 12 heteroatoms. The monoisotopic (exact) mass is 547 g/mol. The predicted octanol–water partition coefficient (Wildman–Crippen LogP) is 3.90. The molecule has 192 valence electrons. The number of rotatable bonds is 6. The molecule has 0 saturated carbocycles. The second-order valence-electron chi connectivity index (χ2n) is 8.51. The molecule has 0 bridgehead atoms. The van der Waals surface area contributed by atoms with Crippen molar-refractivity contribution in [2.45, 2.75) is 17.9 Å². The third-order valence-electron chi connectivity index (χ3n) is 5.91. The lowest BCUT2D eigenvalue weighted by atomic mass is 10.1. The van der Waals surface area contributed by atoms with Crippen LogP contribution in [0.3, 0.4) is 0 Å². The van der Waals surface area contributed by atoms with Gasteiger partial charge in [-0.15, -0.1) is 0 Å². The topological polar surface area (TPSA) is 159 Å². The van der Waals surface area contributed by atoms with Crippen LogP contribution >= 0.6 is 11.6 Å². The van der Waals surface area contributed by atoms with Crippen LogP contribution in [0, 0.1) is 0 Å². The van der Waals surface area contributed by atoms with Crippen molar-refractivity contribution in [3.8, 4) is 16.8 Å². The molecular formula is C26H22ClN7O3S. The highest BCUT2D eigenvalue weighted by molar-refractivity contribution is 7.89. The van der Waals surface area contributed by atoms with Crippen LogP contribution in [-0.2, 0) is 10.0 Å². The lowest BCUT2D eigenvalue weighted by molar-refractivity contribution is 0.598. The first-order chi connectivity index (χ1) is 18.1. The molecule has 38 heavy (non-hydrogen) atoms. The van der Waals surface area contributed by atoms with Crippen LogP contribution in [0.5, 0.6) is 0 Å². The second kappa shape index (κ2) is 9.86. The Bertz CT molecular complexity index is 1840. The van der Waals surface area contributed by atoms with Crippen LogP contribution in [0.1, 0.15) is 18.8 Å². The van der Waals surface area contributed by atoms with E-state index in [9.17, 15) is 13.2 Å². The number of hydrogen-bond donors (Lipinski definition) is 3. The third-order valence-corrected chi connectivity index (χ3v) is 7.13. The Labute approximate surface area is 223 Å². The highest BCUT2D eigenvalue weighted by Gasteiger charge is 2.21. The summed E-state index contributed by atoms with van der Waals surface area (Å²) in [5.74, 6) is 0.721. The Kier molecular flexibility index (Phi) is 6.57. The Morgan fingerprint density at radius 3 is 2.47 bits per heavy atom. The molecule has 0 amide bonds. The van der Waals surface area contributed by atoms with E-state index in [0.29, 0.717) is 44.4 Å². The van der Waals surface area contributed by atoms with Crippen LogP contribution in [0.25, 0.3) is 27.7 Å². The quantitative estimate of drug-likeness (QED) is 0.288. The number of nitrogens with zero attached hydrogens (tertiary/aromatic N) is 4. The van der Waals surface area contributed by atoms with Crippen LogP contribution < -0.4 is 21.7 Å². The summed E-state index contributed by atoms with van der Waals surface area (Å²) in [5.41, 5.74) is 7.61. The van der Waals surface area contributed by atoms with Crippen molar-refractivity contribution in [3.05, 3.63) is 100 Å². The fourth-order valence-corrected chi connectivity index (χ4v) is 4.96. The summed E-state index contributed by atoms with van der Waals surface area (Å²) in [6, 6.07) is 19.7. The molecule has 0 radical (unpaired) electrons. The van der Waals surface area contributed by atoms with E-state index in [2.05, 4.69) is 15.3 Å². The summed E-state index contributed by atoms with van der Waals surface area (Å²) >= 11 is 6.38. The van der Waals surface area contributed by atoms with Gasteiger partial charge in [-0.3, -0.25) is 9.36 Å². The van der Waals surface area contributed by atoms with Gasteiger partial charge in [-0.25, -0.2) is 23.5 Å². The number of primary sulfonamides is 1. The Morgan fingerprint density at radius 2 is 1.74 bits per heavy atom. The largest absolute Gasteiger partial charge is 0.368 e. The summed E-state index contributed by atoms with van der Waals surface area (Å²) in [5, 5.41) is 9.20. The molecular weight excluding hydrogens is 526 g/mol. The summed E-state index contributed by atoms with van der Waals surface area (Å²) in [4.78, 5) is 26.9. The van der Waals surface area contributed by atoms with Crippen molar-refractivity contribution in [2.75, 3.05) is 11.1 Å². The standard InChI is InChI=1S/C26H22ClN7O3S/c1-15(31-23-19(14-30-26(28)33-23)16-7-5-10-18(13-16)38(29,36)37)24-32-21-12-6-11-20(27)22(21)25(35)34(24)17-8-3-2-4-9-17/h2-15H,1H3,(H2,29,36,37)(H3,28,30,31,33). The number of sulfonamides is 1. The zero-order chi connectivity index (χ0) is 27.0. The molecule has 3 aromatic carbocycles. The second-order valence-corrected chi connectivity index (χ2v) is 10.5. The first kappa shape index (κ1) is 25.3. The molecule has 0 saturated heterocycles. The van der Waals surface area contributed by atoms with Gasteiger partial charge in [0, 0.05) is 11.8 Å². The number of fused-ring (bicyclic) bond motifs is 1. The van der Waals surface area contributed by atoms with Gasteiger partial charge in [0.25, 0.3) is 5.56 Å². The van der Waals surface area contributed by atoms with Gasteiger partial charge in [0.15, 0.2) is 0 Å². The average molecular weight is 548 g/mol. The van der Waals surface area contributed by atoms with Gasteiger partial charge in [0.05, 0.1) is 32.6 Å². The van der Waals surface area contributed by atoms with Crippen molar-refractivity contribution in [3.63, 3.8) is 0 Å². The van der Waals surface area contributed by atoms with Gasteiger partial charge in [-0.1, -0.05) is 48.0 Å². The lowest BCUT2D eigenvalue weighted by Crippen LogP contribution is -2.27. The van der Waals surface area contributed by atoms with Crippen molar-refractivity contribution in [1.82, 2.24) is 19.5 Å². The minimum atomic E-state index is -3.93. The SMILES string of the molecule is CC(Nc1nc(N)ncc1-c1cccc(S(N)(=O)=O)c1)c1nc2cccc(Cl)c2c(=O)n1-c1ccccc1. The Balaban J connectivity index is 1.66. The molecule has 0 aliphatic rings. The van der Waals surface area contributed by atoms with E-state index in [1.54, 1.807) is 42.5 Å². The smallest absolute Gasteiger partial charge is 0.267 e. The van der Waals surface area contributed by atoms with Crippen molar-refractivity contribution < 1.29 is 8.42 Å². The molecule has 0 aliphatic heterocycles. The number of nitrogens with two attached hydrogens (primary N) is 2. The molecule has 10 nitrogen and oxygen atoms in total. The molecule has 1 atom stereocenters. The van der Waals surface area contributed by atoms with Crippen molar-refractivity contribution >= 4 is 44.3 Å². The summed E-state index contributed by atoms with van der Waals surface area (Å²) in [6.07, 6.45) is 1.48. The molecule has 0 aliphatic carbocycles. The minimum Gasteiger partial charge on any atom is -0.368 e. The minimum absolute atomic E-state index is 0.00440. The Morgan fingerprint density at radius 1 is 1.00 bits per heavy atom. The third kappa shape index (κ3) is 4.82. The molecule has 0 fully saturated rings. The van der Waals surface area contributed by atoms with Crippen LogP contribution in [-0.4, -0.2) is 27.9 Å². The summed E-state index contributed by atoms with van der Waals surface area (Å²) < 4.78 is 25.3. The Hall–Kier alpha value is -4.32. The number of benzene rings is 3. The maximum Gasteiger partial charge on any atom is 0.267 e. The van der Waals surface area contributed by atoms with Crippen LogP contribution in [0.4, 0.5) is 11.8 Å². The van der Waals surface area contributed by atoms with E-state index >= 15 is 0 Å². The van der Waals surface area contributed by atoms with Gasteiger partial charge < -0.3 is 11.1 Å². The molecule has 2 heterocycles. The number of anilines is 2. The molecule has 2 aromatic heterocycles. The van der Waals surface area contributed by atoms with E-state index in [1.807, 2.05) is 25.1 Å². The fraction of sp³-hybridized carbons (Fsp3) is 0.0769. The first-order valence-electron chi connectivity index (χ1n) is 11.4. The number of nitrogens with one attached hydrogen (secondary N) is 1. The summed E-state index contributed by atoms with van der Waals surface area (Å²) in [7, 11) is -3.93. The van der Waals surface area contributed by atoms with E-state index in [1.165, 1.54) is 22.9 Å². The van der Waals surface area contributed by atoms with Gasteiger partial charge in [-0.2, -0.15) is 4.98 Å². The molecule has 5 aromatic rings. The molecule has 1 unspecified atom stereocenters. The average Bonchev–Trinajstić information content (AvgIpc) is 2.88. The van der Waals surface area contributed by atoms with Gasteiger partial charge >= 0.3 is 0 Å². The maximum atomic E-state index is 13.7. The molecule has 5 N–H and O–H groups in total.